The number of halogens is 2. The van der Waals surface area contributed by atoms with Crippen LogP contribution in [0.4, 0.5) is 14.5 Å². The van der Waals surface area contributed by atoms with E-state index in [1.807, 2.05) is 0 Å². The highest BCUT2D eigenvalue weighted by molar-refractivity contribution is 7.89. The van der Waals surface area contributed by atoms with Gasteiger partial charge >= 0.3 is 5.97 Å². The molecule has 3 rings (SSSR count). The van der Waals surface area contributed by atoms with E-state index in [1.165, 1.54) is 15.8 Å². The third-order valence-electron chi connectivity index (χ3n) is 4.48. The van der Waals surface area contributed by atoms with E-state index < -0.39 is 44.8 Å². The van der Waals surface area contributed by atoms with Gasteiger partial charge in [-0.15, -0.1) is 11.3 Å². The monoisotopic (exact) mass is 444 g/mol. The number of sulfonamides is 1. The number of thiophene rings is 1. The van der Waals surface area contributed by atoms with Crippen molar-refractivity contribution in [2.45, 2.75) is 24.2 Å². The number of methoxy groups -OCH3 is 1. The summed E-state index contributed by atoms with van der Waals surface area (Å²) >= 11 is 0.886. The van der Waals surface area contributed by atoms with Crippen LogP contribution in [0, 0.1) is 11.6 Å². The summed E-state index contributed by atoms with van der Waals surface area (Å²) in [7, 11) is -2.84. The number of nitrogens with zero attached hydrogens (tertiary/aromatic N) is 1. The summed E-state index contributed by atoms with van der Waals surface area (Å²) in [5.74, 6) is -4.17. The third kappa shape index (κ3) is 4.31. The molecule has 1 aromatic carbocycles. The van der Waals surface area contributed by atoms with E-state index in [0.717, 1.165) is 43.8 Å². The Balaban J connectivity index is 1.90. The van der Waals surface area contributed by atoms with E-state index in [2.05, 4.69) is 10.1 Å². The lowest BCUT2D eigenvalue weighted by molar-refractivity contribution is 0.0595. The molecule has 2 heterocycles. The van der Waals surface area contributed by atoms with Gasteiger partial charge in [0.15, 0.2) is 0 Å². The van der Waals surface area contributed by atoms with Crippen LogP contribution in [0.2, 0.25) is 0 Å². The number of nitrogens with one attached hydrogen (secondary N) is 1. The van der Waals surface area contributed by atoms with Crippen molar-refractivity contribution in [2.24, 2.45) is 0 Å². The van der Waals surface area contributed by atoms with E-state index in [-0.39, 0.29) is 9.77 Å². The average molecular weight is 444 g/mol. The normalized spacial score (nSPS) is 15.1. The second-order valence-electron chi connectivity index (χ2n) is 6.34. The molecule has 1 N–H and O–H groups in total. The Labute approximate surface area is 170 Å². The number of hydrogen-bond donors (Lipinski definition) is 1. The Morgan fingerprint density at radius 2 is 1.83 bits per heavy atom. The smallest absolute Gasteiger partial charge is 0.340 e. The van der Waals surface area contributed by atoms with Crippen molar-refractivity contribution in [1.82, 2.24) is 4.31 Å². The SMILES string of the molecule is COC(=O)c1cc(NC(=O)c2sccc2S(=O)(=O)N2CCCCC2)c(F)cc1F. The topological polar surface area (TPSA) is 92.8 Å². The first kappa shape index (κ1) is 21.3. The maximum absolute atomic E-state index is 14.1. The predicted molar refractivity (Wildman–Crippen MR) is 103 cm³/mol. The molecule has 7 nitrogen and oxygen atoms in total. The van der Waals surface area contributed by atoms with Gasteiger partial charge in [0.1, 0.15) is 21.4 Å². The zero-order valence-corrected chi connectivity index (χ0v) is 17.0. The average Bonchev–Trinajstić information content (AvgIpc) is 3.21. The van der Waals surface area contributed by atoms with Crippen LogP contribution in [-0.4, -0.2) is 44.8 Å². The largest absolute Gasteiger partial charge is 0.465 e. The van der Waals surface area contributed by atoms with Crippen molar-refractivity contribution in [3.63, 3.8) is 0 Å². The van der Waals surface area contributed by atoms with Crippen molar-refractivity contribution >= 4 is 38.9 Å². The van der Waals surface area contributed by atoms with Crippen LogP contribution in [0.25, 0.3) is 0 Å². The van der Waals surface area contributed by atoms with Crippen LogP contribution in [0.1, 0.15) is 39.3 Å². The number of ether oxygens (including phenoxy) is 1. The van der Waals surface area contributed by atoms with Crippen LogP contribution in [0.3, 0.4) is 0 Å². The number of benzene rings is 1. The van der Waals surface area contributed by atoms with E-state index in [1.54, 1.807) is 0 Å². The molecule has 0 spiro atoms. The summed E-state index contributed by atoms with van der Waals surface area (Å²) in [6.45, 7) is 0.739. The van der Waals surface area contributed by atoms with Gasteiger partial charge in [-0.1, -0.05) is 6.42 Å². The molecule has 156 valence electrons. The number of rotatable bonds is 5. The molecule has 0 atom stereocenters. The fourth-order valence-electron chi connectivity index (χ4n) is 3.00. The molecule has 0 radical (unpaired) electrons. The number of hydrogen-bond acceptors (Lipinski definition) is 6. The highest BCUT2D eigenvalue weighted by Crippen LogP contribution is 2.29. The molecule has 29 heavy (non-hydrogen) atoms. The van der Waals surface area contributed by atoms with Gasteiger partial charge < -0.3 is 10.1 Å². The standard InChI is InChI=1S/C18H18F2N2O5S2/c1-27-18(24)11-9-14(13(20)10-12(11)19)21-17(23)16-15(5-8-28-16)29(25,26)22-6-3-2-4-7-22/h5,8-10H,2-4,6-7H2,1H3,(H,21,23). The minimum Gasteiger partial charge on any atom is -0.465 e. The Morgan fingerprint density at radius 1 is 1.14 bits per heavy atom. The zero-order valence-electron chi connectivity index (χ0n) is 15.4. The summed E-state index contributed by atoms with van der Waals surface area (Å²) in [6, 6.07) is 2.58. The van der Waals surface area contributed by atoms with Crippen LogP contribution in [0.15, 0.2) is 28.5 Å². The maximum atomic E-state index is 14.1. The first-order chi connectivity index (χ1) is 13.8. The van der Waals surface area contributed by atoms with Gasteiger partial charge in [0, 0.05) is 19.2 Å². The lowest BCUT2D eigenvalue weighted by Gasteiger charge is -2.25. The fraction of sp³-hybridized carbons (Fsp3) is 0.333. The van der Waals surface area contributed by atoms with Crippen molar-refractivity contribution in [2.75, 3.05) is 25.5 Å². The van der Waals surface area contributed by atoms with Crippen molar-refractivity contribution < 1.29 is 31.5 Å². The van der Waals surface area contributed by atoms with E-state index in [0.29, 0.717) is 19.2 Å². The van der Waals surface area contributed by atoms with Gasteiger partial charge in [0.25, 0.3) is 5.91 Å². The first-order valence-corrected chi connectivity index (χ1v) is 11.0. The van der Waals surface area contributed by atoms with Crippen LogP contribution < -0.4 is 5.32 Å². The van der Waals surface area contributed by atoms with Crippen molar-refractivity contribution in [1.29, 1.82) is 0 Å². The molecule has 11 heteroatoms. The van der Waals surface area contributed by atoms with Gasteiger partial charge in [-0.3, -0.25) is 4.79 Å². The molecule has 0 aliphatic carbocycles. The molecular weight excluding hydrogens is 426 g/mol. The molecule has 1 saturated heterocycles. The summed E-state index contributed by atoms with van der Waals surface area (Å²) in [5, 5.41) is 3.66. The van der Waals surface area contributed by atoms with E-state index in [4.69, 9.17) is 0 Å². The third-order valence-corrected chi connectivity index (χ3v) is 7.46. The Bertz CT molecular complexity index is 1050. The first-order valence-electron chi connectivity index (χ1n) is 8.72. The van der Waals surface area contributed by atoms with Crippen molar-refractivity contribution in [3.05, 3.63) is 45.7 Å². The Morgan fingerprint density at radius 3 is 2.48 bits per heavy atom. The van der Waals surface area contributed by atoms with Gasteiger partial charge in [-0.05, 0) is 30.4 Å². The molecule has 1 fully saturated rings. The quantitative estimate of drug-likeness (QED) is 0.715. The number of amides is 1. The minimum atomic E-state index is -3.87. The highest BCUT2D eigenvalue weighted by atomic mass is 32.2. The lowest BCUT2D eigenvalue weighted by Crippen LogP contribution is -2.36. The molecule has 1 aliphatic heterocycles. The van der Waals surface area contributed by atoms with Gasteiger partial charge in [-0.25, -0.2) is 22.0 Å². The molecule has 0 saturated carbocycles. The molecule has 2 aromatic rings. The van der Waals surface area contributed by atoms with Crippen LogP contribution in [-0.2, 0) is 14.8 Å². The second kappa shape index (κ2) is 8.56. The summed E-state index contributed by atoms with van der Waals surface area (Å²) in [5.41, 5.74) is -1.02. The van der Waals surface area contributed by atoms with Gasteiger partial charge in [0.2, 0.25) is 10.0 Å². The van der Waals surface area contributed by atoms with E-state index >= 15 is 0 Å². The number of piperidine rings is 1. The molecule has 0 bridgehead atoms. The van der Waals surface area contributed by atoms with Gasteiger partial charge in [0.05, 0.1) is 18.4 Å². The number of carbonyl (C=O) groups excluding carboxylic acids is 2. The second-order valence-corrected chi connectivity index (χ2v) is 9.16. The Kier molecular flexibility index (Phi) is 6.30. The minimum absolute atomic E-state index is 0.126. The van der Waals surface area contributed by atoms with Crippen molar-refractivity contribution in [3.8, 4) is 0 Å². The molecule has 1 amide bonds. The zero-order chi connectivity index (χ0) is 21.2. The summed E-state index contributed by atoms with van der Waals surface area (Å²) in [6.07, 6.45) is 2.42. The number of anilines is 1. The summed E-state index contributed by atoms with van der Waals surface area (Å²) < 4.78 is 59.4. The van der Waals surface area contributed by atoms with Gasteiger partial charge in [-0.2, -0.15) is 4.31 Å². The highest BCUT2D eigenvalue weighted by Gasteiger charge is 2.31. The predicted octanol–water partition coefficient (Wildman–Crippen LogP) is 3.24. The van der Waals surface area contributed by atoms with Crippen LogP contribution >= 0.6 is 11.3 Å². The molecule has 0 unspecified atom stereocenters. The number of esters is 1. The lowest BCUT2D eigenvalue weighted by atomic mass is 10.1. The molecule has 1 aliphatic rings. The molecular formula is C18H18F2N2O5S2. The Hall–Kier alpha value is -2.37. The summed E-state index contributed by atoms with van der Waals surface area (Å²) in [4.78, 5) is 24.0. The van der Waals surface area contributed by atoms with Crippen LogP contribution in [0.5, 0.6) is 0 Å². The van der Waals surface area contributed by atoms with E-state index in [9.17, 15) is 26.8 Å². The fourth-order valence-corrected chi connectivity index (χ4v) is 5.81. The number of carbonyl (C=O) groups is 2. The maximum Gasteiger partial charge on any atom is 0.340 e. The molecule has 1 aromatic heterocycles.